The number of rotatable bonds is 1. The lowest BCUT2D eigenvalue weighted by Crippen LogP contribution is -2.30. The van der Waals surface area contributed by atoms with Crippen molar-refractivity contribution in [1.29, 1.82) is 0 Å². The summed E-state index contributed by atoms with van der Waals surface area (Å²) in [5.41, 5.74) is 1.72. The van der Waals surface area contributed by atoms with Crippen molar-refractivity contribution >= 4 is 17.5 Å². The molecule has 0 saturated heterocycles. The van der Waals surface area contributed by atoms with Gasteiger partial charge in [-0.2, -0.15) is 0 Å². The first-order chi connectivity index (χ1) is 6.68. The number of aryl methyl sites for hydroxylation is 1. The van der Waals surface area contributed by atoms with Crippen LogP contribution in [0.3, 0.4) is 0 Å². The highest BCUT2D eigenvalue weighted by Crippen LogP contribution is 2.18. The predicted molar refractivity (Wildman–Crippen MR) is 52.1 cm³/mol. The van der Waals surface area contributed by atoms with Crippen molar-refractivity contribution in [2.75, 3.05) is 0 Å². The van der Waals surface area contributed by atoms with Crippen LogP contribution in [0.2, 0.25) is 0 Å². The number of hydrogen-bond acceptors (Lipinski definition) is 2. The lowest BCUT2D eigenvalue weighted by Gasteiger charge is -1.98. The van der Waals surface area contributed by atoms with Crippen LogP contribution in [0.5, 0.6) is 0 Å². The van der Waals surface area contributed by atoms with Crippen LogP contribution in [0.1, 0.15) is 5.56 Å². The Hall–Kier alpha value is -1.74. The Kier molecular flexibility index (Phi) is 2.02. The molecule has 1 heterocycles. The van der Waals surface area contributed by atoms with Crippen LogP contribution in [0, 0.1) is 6.92 Å². The molecule has 0 aliphatic carbocycles. The maximum absolute atomic E-state index is 11.3. The van der Waals surface area contributed by atoms with Gasteiger partial charge in [0.2, 0.25) is 0 Å². The number of imide groups is 1. The Bertz CT molecular complexity index is 399. The van der Waals surface area contributed by atoms with Crippen molar-refractivity contribution in [1.82, 2.24) is 4.90 Å². The third kappa shape index (κ3) is 1.38. The van der Waals surface area contributed by atoms with E-state index in [1.165, 1.54) is 12.2 Å². The van der Waals surface area contributed by atoms with Crippen LogP contribution in [0.4, 0.5) is 5.69 Å². The molecule has 3 heteroatoms. The van der Waals surface area contributed by atoms with Crippen molar-refractivity contribution in [3.05, 3.63) is 42.0 Å². The van der Waals surface area contributed by atoms with Crippen LogP contribution < -0.4 is 4.90 Å². The van der Waals surface area contributed by atoms with Crippen LogP contribution in [-0.4, -0.2) is 11.8 Å². The molecule has 1 aromatic rings. The summed E-state index contributed by atoms with van der Waals surface area (Å²) in [5, 5.41) is 0. The Morgan fingerprint density at radius 1 is 0.929 bits per heavy atom. The van der Waals surface area contributed by atoms with Crippen LogP contribution in [0.25, 0.3) is 0 Å². The third-order valence-electron chi connectivity index (χ3n) is 2.10. The van der Waals surface area contributed by atoms with Crippen molar-refractivity contribution in [3.8, 4) is 0 Å². The van der Waals surface area contributed by atoms with Gasteiger partial charge in [0.15, 0.2) is 5.69 Å². The van der Waals surface area contributed by atoms with Crippen molar-refractivity contribution in [3.63, 3.8) is 0 Å². The molecule has 1 aromatic carbocycles. The van der Waals surface area contributed by atoms with Gasteiger partial charge < -0.3 is 0 Å². The Labute approximate surface area is 81.6 Å². The molecule has 1 aliphatic rings. The van der Waals surface area contributed by atoms with E-state index >= 15 is 0 Å². The quantitative estimate of drug-likeness (QED) is 0.492. The zero-order chi connectivity index (χ0) is 10.1. The number of nitrogens with zero attached hydrogens (tertiary/aromatic N) is 1. The number of hydrogen-bond donors (Lipinski definition) is 0. The molecule has 2 amide bonds. The summed E-state index contributed by atoms with van der Waals surface area (Å²) in [6.45, 7) is 1.95. The second-order valence-corrected chi connectivity index (χ2v) is 3.18. The van der Waals surface area contributed by atoms with Crippen LogP contribution in [0.15, 0.2) is 36.4 Å². The highest BCUT2D eigenvalue weighted by atomic mass is 16.2. The van der Waals surface area contributed by atoms with E-state index in [1.807, 2.05) is 19.1 Å². The molecule has 0 unspecified atom stereocenters. The fourth-order valence-corrected chi connectivity index (χ4v) is 1.35. The molecule has 3 nitrogen and oxygen atoms in total. The van der Waals surface area contributed by atoms with E-state index in [2.05, 4.69) is 0 Å². The number of carbonyl (C=O) groups excluding carboxylic acids is 2. The Morgan fingerprint density at radius 3 is 1.93 bits per heavy atom. The summed E-state index contributed by atoms with van der Waals surface area (Å²) >= 11 is 0. The largest absolute Gasteiger partial charge is 0.400 e. The second kappa shape index (κ2) is 3.20. The minimum atomic E-state index is -0.279. The molecular formula is C11H9NO2+. The Balaban J connectivity index is 2.36. The average Bonchev–Trinajstić information content (AvgIpc) is 2.49. The molecule has 0 N–H and O–H groups in total. The number of carbonyl (C=O) groups is 2. The van der Waals surface area contributed by atoms with Gasteiger partial charge in [0.1, 0.15) is 0 Å². The first-order valence-corrected chi connectivity index (χ1v) is 4.31. The highest BCUT2D eigenvalue weighted by Gasteiger charge is 2.39. The molecule has 1 radical (unpaired) electrons. The summed E-state index contributed by atoms with van der Waals surface area (Å²) in [4.78, 5) is 23.7. The van der Waals surface area contributed by atoms with Gasteiger partial charge in [-0.15, -0.1) is 0 Å². The van der Waals surface area contributed by atoms with Crippen molar-refractivity contribution in [2.45, 2.75) is 6.92 Å². The van der Waals surface area contributed by atoms with Gasteiger partial charge in [0, 0.05) is 17.0 Å². The van der Waals surface area contributed by atoms with Crippen LogP contribution >= 0.6 is 0 Å². The van der Waals surface area contributed by atoms with Crippen molar-refractivity contribution in [2.24, 2.45) is 0 Å². The van der Waals surface area contributed by atoms with E-state index in [9.17, 15) is 9.59 Å². The van der Waals surface area contributed by atoms with Gasteiger partial charge >= 0.3 is 11.8 Å². The molecule has 0 spiro atoms. The second-order valence-electron chi connectivity index (χ2n) is 3.18. The minimum Gasteiger partial charge on any atom is -0.219 e. The SMILES string of the molecule is Cc1ccc([N+]2C(=O)C=CC2=O)cc1. The maximum Gasteiger partial charge on any atom is 0.400 e. The normalized spacial score (nSPS) is 16.6. The van der Waals surface area contributed by atoms with E-state index in [4.69, 9.17) is 0 Å². The number of benzene rings is 1. The van der Waals surface area contributed by atoms with E-state index in [0.29, 0.717) is 5.69 Å². The van der Waals surface area contributed by atoms with E-state index < -0.39 is 0 Å². The van der Waals surface area contributed by atoms with Gasteiger partial charge in [-0.25, -0.2) is 9.59 Å². The Morgan fingerprint density at radius 2 is 1.43 bits per heavy atom. The summed E-state index contributed by atoms with van der Waals surface area (Å²) in [6, 6.07) is 7.26. The lowest BCUT2D eigenvalue weighted by atomic mass is 10.2. The van der Waals surface area contributed by atoms with Gasteiger partial charge in [0.05, 0.1) is 12.2 Å². The standard InChI is InChI=1S/C11H9NO2/c1-8-2-4-9(5-3-8)12-10(13)6-7-11(12)14/h2-7H,1H3/q+1. The smallest absolute Gasteiger partial charge is 0.219 e. The molecule has 69 valence electrons. The predicted octanol–water partition coefficient (Wildman–Crippen LogP) is 1.39. The molecule has 0 atom stereocenters. The monoisotopic (exact) mass is 187 g/mol. The zero-order valence-corrected chi connectivity index (χ0v) is 7.73. The molecular weight excluding hydrogens is 178 g/mol. The number of amides is 2. The molecule has 2 rings (SSSR count). The zero-order valence-electron chi connectivity index (χ0n) is 7.73. The first kappa shape index (κ1) is 8.84. The summed E-state index contributed by atoms with van der Waals surface area (Å²) in [5.74, 6) is -0.558. The maximum atomic E-state index is 11.3. The summed E-state index contributed by atoms with van der Waals surface area (Å²) in [7, 11) is 0. The summed E-state index contributed by atoms with van der Waals surface area (Å²) in [6.07, 6.45) is 2.56. The molecule has 1 aliphatic heterocycles. The average molecular weight is 187 g/mol. The first-order valence-electron chi connectivity index (χ1n) is 4.31. The molecule has 0 fully saturated rings. The lowest BCUT2D eigenvalue weighted by molar-refractivity contribution is -0.127. The van der Waals surface area contributed by atoms with Gasteiger partial charge in [-0.3, -0.25) is 0 Å². The summed E-state index contributed by atoms with van der Waals surface area (Å²) < 4.78 is 0. The minimum absolute atomic E-state index is 0.279. The van der Waals surface area contributed by atoms with Gasteiger partial charge in [-0.05, 0) is 6.92 Å². The molecule has 14 heavy (non-hydrogen) atoms. The molecule has 0 bridgehead atoms. The van der Waals surface area contributed by atoms with Crippen molar-refractivity contribution < 1.29 is 9.59 Å². The molecule has 0 aromatic heterocycles. The third-order valence-corrected chi connectivity index (χ3v) is 2.10. The van der Waals surface area contributed by atoms with E-state index in [0.717, 1.165) is 10.5 Å². The van der Waals surface area contributed by atoms with Gasteiger partial charge in [0.25, 0.3) is 0 Å². The van der Waals surface area contributed by atoms with Crippen LogP contribution in [-0.2, 0) is 9.59 Å². The topological polar surface area (TPSA) is 40.0 Å². The van der Waals surface area contributed by atoms with Gasteiger partial charge in [-0.1, -0.05) is 17.7 Å². The number of anilines is 1. The highest BCUT2D eigenvalue weighted by molar-refractivity contribution is 6.19. The molecule has 0 saturated carbocycles. The fraction of sp³-hybridized carbons (Fsp3) is 0.0909. The van der Waals surface area contributed by atoms with E-state index in [-0.39, 0.29) is 11.8 Å². The van der Waals surface area contributed by atoms with E-state index in [1.54, 1.807) is 12.1 Å². The fourth-order valence-electron chi connectivity index (χ4n) is 1.35.